The molecule has 4 aromatic heterocycles. The van der Waals surface area contributed by atoms with Crippen LogP contribution in [0.2, 0.25) is 0 Å². The summed E-state index contributed by atoms with van der Waals surface area (Å²) in [5.74, 6) is 0.0218. The van der Waals surface area contributed by atoms with E-state index in [0.29, 0.717) is 22.9 Å². The van der Waals surface area contributed by atoms with Gasteiger partial charge in [0.2, 0.25) is 5.88 Å². The van der Waals surface area contributed by atoms with Gasteiger partial charge >= 0.3 is 6.61 Å². The summed E-state index contributed by atoms with van der Waals surface area (Å²) in [4.78, 5) is 9.60. The maximum Gasteiger partial charge on any atom is 0.388 e. The van der Waals surface area contributed by atoms with Crippen LogP contribution >= 0.6 is 0 Å². The number of hydrogen-bond donors (Lipinski definition) is 1. The van der Waals surface area contributed by atoms with Crippen LogP contribution in [-0.4, -0.2) is 33.4 Å². The van der Waals surface area contributed by atoms with E-state index in [4.69, 9.17) is 5.11 Å². The van der Waals surface area contributed by atoms with E-state index < -0.39 is 6.61 Å². The molecule has 0 unspecified atom stereocenters. The molecule has 6 nitrogen and oxygen atoms in total. The summed E-state index contributed by atoms with van der Waals surface area (Å²) in [5, 5.41) is 13.4. The van der Waals surface area contributed by atoms with Crippen LogP contribution in [0, 0.1) is 0 Å². The fourth-order valence-corrected chi connectivity index (χ4v) is 1.79. The quantitative estimate of drug-likeness (QED) is 0.753. The molecule has 0 fully saturated rings. The van der Waals surface area contributed by atoms with E-state index in [-0.39, 0.29) is 17.2 Å². The molecular formula is C13H14F2N2O4. The Morgan fingerprint density at radius 1 is 1.33 bits per heavy atom. The van der Waals surface area contributed by atoms with Crippen molar-refractivity contribution < 1.29 is 28.2 Å². The second-order valence-electron chi connectivity index (χ2n) is 5.28. The average molecular weight is 300 g/mol. The lowest BCUT2D eigenvalue weighted by molar-refractivity contribution is -0.138. The zero-order valence-electron chi connectivity index (χ0n) is 11.6. The molecule has 8 heteroatoms. The largest absolute Gasteiger partial charge is 0.508 e. The third-order valence-electron chi connectivity index (χ3n) is 2.54. The fraction of sp³-hybridized carbons (Fsp3) is 0.385. The number of rotatable bonds is 3. The normalized spacial score (nSPS) is 11.9. The molecule has 0 amide bonds. The number of hydrogen-bond acceptors (Lipinski definition) is 5. The topological polar surface area (TPSA) is 73.1 Å². The van der Waals surface area contributed by atoms with Gasteiger partial charge in [0.05, 0.1) is 16.4 Å². The van der Waals surface area contributed by atoms with Crippen LogP contribution in [0.4, 0.5) is 8.78 Å². The van der Waals surface area contributed by atoms with E-state index >= 15 is 0 Å². The van der Waals surface area contributed by atoms with Crippen molar-refractivity contribution in [2.75, 3.05) is 0 Å². The third-order valence-corrected chi connectivity index (χ3v) is 2.54. The number of benzene rings is 1. The van der Waals surface area contributed by atoms with E-state index in [1.165, 1.54) is 16.6 Å². The smallest absolute Gasteiger partial charge is 0.388 e. The van der Waals surface area contributed by atoms with Crippen molar-refractivity contribution in [2.45, 2.75) is 33.0 Å². The van der Waals surface area contributed by atoms with E-state index in [0.717, 1.165) is 0 Å². The number of ether oxygens (including phenoxy) is 2. The van der Waals surface area contributed by atoms with Crippen LogP contribution in [0.15, 0.2) is 12.1 Å². The SMILES string of the molecule is CC(C)(C)OC=O.Oc1cc2c3c(OC(F)F)nn2c3c1. The number of fused-ring (bicyclic) bond motifs is 3. The molecule has 0 aliphatic rings. The van der Waals surface area contributed by atoms with Gasteiger partial charge < -0.3 is 14.6 Å². The van der Waals surface area contributed by atoms with E-state index in [1.807, 2.05) is 20.8 Å². The summed E-state index contributed by atoms with van der Waals surface area (Å²) < 4.78 is 34.0. The molecule has 0 spiro atoms. The van der Waals surface area contributed by atoms with Gasteiger partial charge in [-0.25, -0.2) is 4.52 Å². The number of halogens is 2. The van der Waals surface area contributed by atoms with Crippen molar-refractivity contribution in [3.63, 3.8) is 0 Å². The van der Waals surface area contributed by atoms with Gasteiger partial charge in [-0.15, -0.1) is 5.10 Å². The standard InChI is InChI=1S/C8H4F2N2O2.C5H10O2/c9-8(10)14-7-6-4-1-3(13)2-5(6)12(4)11-7;1-5(2,3)7-4-6/h1-2,8,13H;4H,1-3H3. The molecule has 0 radical (unpaired) electrons. The number of carbonyl (C=O) groups excluding carboxylic acids is 1. The van der Waals surface area contributed by atoms with Gasteiger partial charge in [0, 0.05) is 12.1 Å². The maximum absolute atomic E-state index is 11.9. The highest BCUT2D eigenvalue weighted by Gasteiger charge is 2.24. The fourth-order valence-electron chi connectivity index (χ4n) is 1.79. The van der Waals surface area contributed by atoms with Crippen molar-refractivity contribution in [1.29, 1.82) is 0 Å². The molecule has 4 heterocycles. The summed E-state index contributed by atoms with van der Waals surface area (Å²) in [5.41, 5.74) is 0.896. The summed E-state index contributed by atoms with van der Waals surface area (Å²) in [6.07, 6.45) is 0. The molecule has 4 bridgehead atoms. The molecule has 21 heavy (non-hydrogen) atoms. The number of carbonyl (C=O) groups is 1. The highest BCUT2D eigenvalue weighted by Crippen LogP contribution is 2.39. The average Bonchev–Trinajstić information content (AvgIpc) is 2.84. The number of aromatic hydroxyl groups is 1. The van der Waals surface area contributed by atoms with Crippen LogP contribution in [0.3, 0.4) is 0 Å². The Bertz CT molecular complexity index is 687. The molecule has 1 aromatic carbocycles. The lowest BCUT2D eigenvalue weighted by Gasteiger charge is -2.14. The van der Waals surface area contributed by atoms with Gasteiger partial charge in [-0.1, -0.05) is 0 Å². The minimum Gasteiger partial charge on any atom is -0.508 e. The number of phenolic OH excluding ortho intramolecular Hbond substituents is 1. The maximum atomic E-state index is 11.9. The van der Waals surface area contributed by atoms with Crippen molar-refractivity contribution in [3.8, 4) is 11.6 Å². The number of alkyl halides is 2. The highest BCUT2D eigenvalue weighted by atomic mass is 19.3. The Hall–Kier alpha value is -2.38. The van der Waals surface area contributed by atoms with Gasteiger partial charge in [-0.05, 0) is 20.8 Å². The first-order chi connectivity index (χ1) is 9.73. The number of pyridine rings is 1. The molecule has 114 valence electrons. The van der Waals surface area contributed by atoms with Gasteiger partial charge in [-0.3, -0.25) is 4.79 Å². The first kappa shape index (κ1) is 15.0. The molecular weight excluding hydrogens is 286 g/mol. The number of aromatic nitrogens is 2. The predicted octanol–water partition coefficient (Wildman–Crippen LogP) is 2.63. The Morgan fingerprint density at radius 2 is 1.90 bits per heavy atom. The Balaban J connectivity index is 0.000000199. The molecule has 0 atom stereocenters. The second-order valence-corrected chi connectivity index (χ2v) is 5.28. The zero-order valence-corrected chi connectivity index (χ0v) is 11.6. The van der Waals surface area contributed by atoms with E-state index in [1.54, 1.807) is 0 Å². The van der Waals surface area contributed by atoms with Crippen LogP contribution in [-0.2, 0) is 9.53 Å². The second kappa shape index (κ2) is 5.19. The molecule has 5 aromatic rings. The van der Waals surface area contributed by atoms with Gasteiger partial charge in [0.1, 0.15) is 11.4 Å². The van der Waals surface area contributed by atoms with Crippen LogP contribution in [0.5, 0.6) is 11.6 Å². The summed E-state index contributed by atoms with van der Waals surface area (Å²) in [6.45, 7) is 3.05. The van der Waals surface area contributed by atoms with Gasteiger partial charge in [0.15, 0.2) is 0 Å². The summed E-state index contributed by atoms with van der Waals surface area (Å²) in [6, 6.07) is 2.90. The third kappa shape index (κ3) is 3.04. The monoisotopic (exact) mass is 300 g/mol. The summed E-state index contributed by atoms with van der Waals surface area (Å²) >= 11 is 0. The Kier molecular flexibility index (Phi) is 3.71. The van der Waals surface area contributed by atoms with E-state index in [9.17, 15) is 13.6 Å². The molecule has 0 aliphatic carbocycles. The molecule has 1 N–H and O–H groups in total. The Morgan fingerprint density at radius 3 is 2.29 bits per heavy atom. The van der Waals surface area contributed by atoms with Crippen molar-refractivity contribution in [3.05, 3.63) is 12.1 Å². The van der Waals surface area contributed by atoms with Gasteiger partial charge in [-0.2, -0.15) is 8.78 Å². The minimum absolute atomic E-state index is 0.0787. The first-order valence-corrected chi connectivity index (χ1v) is 6.05. The lowest BCUT2D eigenvalue weighted by Crippen LogP contribution is -2.17. The van der Waals surface area contributed by atoms with Crippen molar-refractivity contribution in [1.82, 2.24) is 9.61 Å². The minimum atomic E-state index is -2.87. The van der Waals surface area contributed by atoms with Crippen LogP contribution in [0.1, 0.15) is 20.8 Å². The summed E-state index contributed by atoms with van der Waals surface area (Å²) in [7, 11) is 0. The van der Waals surface area contributed by atoms with Crippen molar-refractivity contribution in [2.24, 2.45) is 0 Å². The van der Waals surface area contributed by atoms with Crippen LogP contribution in [0.25, 0.3) is 16.4 Å². The first-order valence-electron chi connectivity index (χ1n) is 6.05. The van der Waals surface area contributed by atoms with E-state index in [2.05, 4.69) is 14.6 Å². The van der Waals surface area contributed by atoms with Gasteiger partial charge in [0.25, 0.3) is 6.47 Å². The number of phenols is 1. The predicted molar refractivity (Wildman–Crippen MR) is 70.3 cm³/mol. The lowest BCUT2D eigenvalue weighted by atomic mass is 10.1. The molecule has 5 rings (SSSR count). The Labute approximate surface area is 118 Å². The molecule has 0 aliphatic heterocycles. The molecule has 0 saturated carbocycles. The number of nitrogens with zero attached hydrogens (tertiary/aromatic N) is 2. The van der Waals surface area contributed by atoms with Crippen molar-refractivity contribution >= 4 is 22.9 Å². The molecule has 0 saturated heterocycles. The highest BCUT2D eigenvalue weighted by molar-refractivity contribution is 6.07. The zero-order chi connectivity index (χ0) is 15.8. The van der Waals surface area contributed by atoms with Crippen LogP contribution < -0.4 is 4.74 Å².